The molecule has 1 aliphatic heterocycles. The van der Waals surface area contributed by atoms with Crippen molar-refractivity contribution in [3.05, 3.63) is 46.2 Å². The Labute approximate surface area is 127 Å². The predicted octanol–water partition coefficient (Wildman–Crippen LogP) is 2.27. The molecule has 1 aromatic heterocycles. The average Bonchev–Trinajstić information content (AvgIpc) is 2.95. The molecule has 2 heterocycles. The summed E-state index contributed by atoms with van der Waals surface area (Å²) in [6.07, 6.45) is 0. The molecule has 0 amide bonds. The molecule has 21 heavy (non-hydrogen) atoms. The van der Waals surface area contributed by atoms with Crippen LogP contribution in [-0.4, -0.2) is 36.1 Å². The van der Waals surface area contributed by atoms with Crippen molar-refractivity contribution in [2.24, 2.45) is 0 Å². The van der Waals surface area contributed by atoms with Gasteiger partial charge in [0, 0.05) is 38.1 Å². The highest BCUT2D eigenvalue weighted by molar-refractivity contribution is 7.09. The van der Waals surface area contributed by atoms with Crippen molar-refractivity contribution in [3.63, 3.8) is 0 Å². The van der Waals surface area contributed by atoms with Crippen LogP contribution in [0.25, 0.3) is 0 Å². The number of halogens is 1. The van der Waals surface area contributed by atoms with Crippen molar-refractivity contribution < 1.29 is 9.13 Å². The molecular formula is C15H18FN3OS. The first kappa shape index (κ1) is 14.4. The highest BCUT2D eigenvalue weighted by atomic mass is 32.1. The van der Waals surface area contributed by atoms with Crippen LogP contribution in [0.3, 0.4) is 0 Å². The lowest BCUT2D eigenvalue weighted by Crippen LogP contribution is -2.42. The van der Waals surface area contributed by atoms with Gasteiger partial charge in [0.05, 0.1) is 5.69 Å². The number of nitrogens with zero attached hydrogens (tertiary/aromatic N) is 2. The molecule has 1 N–H and O–H groups in total. The molecule has 1 fully saturated rings. The first-order valence-electron chi connectivity index (χ1n) is 7.04. The van der Waals surface area contributed by atoms with Crippen LogP contribution in [0, 0.1) is 5.82 Å². The van der Waals surface area contributed by atoms with Gasteiger partial charge in [0.2, 0.25) is 0 Å². The zero-order valence-corrected chi connectivity index (χ0v) is 12.5. The van der Waals surface area contributed by atoms with E-state index in [-0.39, 0.29) is 5.82 Å². The fourth-order valence-electron chi connectivity index (χ4n) is 2.26. The second kappa shape index (κ2) is 6.98. The fourth-order valence-corrected chi connectivity index (χ4v) is 2.96. The number of hydrogen-bond donors (Lipinski definition) is 1. The molecule has 0 radical (unpaired) electrons. The molecule has 2 aromatic rings. The SMILES string of the molecule is Fc1ccc(OCc2nc(CN3CCNCC3)cs2)cc1. The molecule has 0 unspecified atom stereocenters. The summed E-state index contributed by atoms with van der Waals surface area (Å²) in [7, 11) is 0. The number of rotatable bonds is 5. The van der Waals surface area contributed by atoms with E-state index in [4.69, 9.17) is 4.74 Å². The summed E-state index contributed by atoms with van der Waals surface area (Å²) in [5.41, 5.74) is 1.10. The summed E-state index contributed by atoms with van der Waals surface area (Å²) in [6.45, 7) is 5.56. The van der Waals surface area contributed by atoms with Gasteiger partial charge in [0.1, 0.15) is 23.2 Å². The smallest absolute Gasteiger partial charge is 0.140 e. The summed E-state index contributed by atoms with van der Waals surface area (Å²) >= 11 is 1.61. The van der Waals surface area contributed by atoms with E-state index in [9.17, 15) is 4.39 Å². The summed E-state index contributed by atoms with van der Waals surface area (Å²) in [4.78, 5) is 6.99. The van der Waals surface area contributed by atoms with Crippen LogP contribution in [0.2, 0.25) is 0 Å². The molecule has 0 bridgehead atoms. The lowest BCUT2D eigenvalue weighted by atomic mass is 10.3. The van der Waals surface area contributed by atoms with Gasteiger partial charge >= 0.3 is 0 Å². The molecule has 4 nitrogen and oxygen atoms in total. The number of hydrogen-bond acceptors (Lipinski definition) is 5. The van der Waals surface area contributed by atoms with Crippen LogP contribution >= 0.6 is 11.3 Å². The Hall–Kier alpha value is -1.50. The van der Waals surface area contributed by atoms with Crippen LogP contribution < -0.4 is 10.1 Å². The minimum absolute atomic E-state index is 0.255. The second-order valence-electron chi connectivity index (χ2n) is 5.00. The minimum Gasteiger partial charge on any atom is -0.486 e. The highest BCUT2D eigenvalue weighted by Crippen LogP contribution is 2.16. The standard InChI is InChI=1S/C15H18FN3OS/c16-12-1-3-14(4-2-12)20-10-15-18-13(11-21-15)9-19-7-5-17-6-8-19/h1-4,11,17H,5-10H2. The fraction of sp³-hybridized carbons (Fsp3) is 0.400. The maximum absolute atomic E-state index is 12.8. The maximum atomic E-state index is 12.8. The Morgan fingerprint density at radius 2 is 2.00 bits per heavy atom. The zero-order chi connectivity index (χ0) is 14.5. The lowest BCUT2D eigenvalue weighted by molar-refractivity contribution is 0.230. The molecule has 6 heteroatoms. The van der Waals surface area contributed by atoms with Gasteiger partial charge < -0.3 is 10.1 Å². The molecule has 0 saturated carbocycles. The van der Waals surface area contributed by atoms with Gasteiger partial charge in [0.15, 0.2) is 0 Å². The first-order valence-corrected chi connectivity index (χ1v) is 7.92. The van der Waals surface area contributed by atoms with Crippen LogP contribution in [0.15, 0.2) is 29.6 Å². The van der Waals surface area contributed by atoms with E-state index in [1.165, 1.54) is 12.1 Å². The zero-order valence-electron chi connectivity index (χ0n) is 11.7. The van der Waals surface area contributed by atoms with Gasteiger partial charge in [-0.2, -0.15) is 0 Å². The van der Waals surface area contributed by atoms with Crippen LogP contribution in [0.1, 0.15) is 10.7 Å². The van der Waals surface area contributed by atoms with Gasteiger partial charge in [-0.05, 0) is 24.3 Å². The molecular weight excluding hydrogens is 289 g/mol. The third-order valence-electron chi connectivity index (χ3n) is 3.37. The number of nitrogens with one attached hydrogen (secondary N) is 1. The summed E-state index contributed by atoms with van der Waals surface area (Å²) in [5.74, 6) is 0.408. The highest BCUT2D eigenvalue weighted by Gasteiger charge is 2.12. The van der Waals surface area contributed by atoms with Crippen molar-refractivity contribution in [2.75, 3.05) is 26.2 Å². The second-order valence-corrected chi connectivity index (χ2v) is 5.94. The van der Waals surface area contributed by atoms with Gasteiger partial charge in [-0.25, -0.2) is 9.37 Å². The Kier molecular flexibility index (Phi) is 4.80. The molecule has 0 aliphatic carbocycles. The van der Waals surface area contributed by atoms with Crippen LogP contribution in [-0.2, 0) is 13.2 Å². The van der Waals surface area contributed by atoms with Crippen molar-refractivity contribution in [2.45, 2.75) is 13.2 Å². The van der Waals surface area contributed by atoms with Crippen LogP contribution in [0.4, 0.5) is 4.39 Å². The monoisotopic (exact) mass is 307 g/mol. The van der Waals surface area contributed by atoms with E-state index < -0.39 is 0 Å². The van der Waals surface area contributed by atoms with Crippen molar-refractivity contribution in [1.82, 2.24) is 15.2 Å². The Morgan fingerprint density at radius 3 is 2.76 bits per heavy atom. The minimum atomic E-state index is -0.255. The lowest BCUT2D eigenvalue weighted by Gasteiger charge is -2.26. The summed E-state index contributed by atoms with van der Waals surface area (Å²) in [5, 5.41) is 6.38. The maximum Gasteiger partial charge on any atom is 0.140 e. The molecule has 0 spiro atoms. The summed E-state index contributed by atoms with van der Waals surface area (Å²) in [6, 6.07) is 6.05. The van der Waals surface area contributed by atoms with E-state index in [2.05, 4.69) is 20.6 Å². The average molecular weight is 307 g/mol. The van der Waals surface area contributed by atoms with Crippen molar-refractivity contribution in [1.29, 1.82) is 0 Å². The van der Waals surface area contributed by atoms with E-state index >= 15 is 0 Å². The number of thiazole rings is 1. The molecule has 112 valence electrons. The molecule has 3 rings (SSSR count). The van der Waals surface area contributed by atoms with Crippen molar-refractivity contribution in [3.8, 4) is 5.75 Å². The van der Waals surface area contributed by atoms with E-state index in [1.807, 2.05) is 0 Å². The Morgan fingerprint density at radius 1 is 1.24 bits per heavy atom. The van der Waals surface area contributed by atoms with E-state index in [1.54, 1.807) is 23.5 Å². The third kappa shape index (κ3) is 4.23. The normalized spacial score (nSPS) is 16.0. The number of benzene rings is 1. The molecule has 1 aromatic carbocycles. The predicted molar refractivity (Wildman–Crippen MR) is 81.0 cm³/mol. The third-order valence-corrected chi connectivity index (χ3v) is 4.24. The van der Waals surface area contributed by atoms with Crippen molar-refractivity contribution >= 4 is 11.3 Å². The Balaban J connectivity index is 1.51. The Bertz CT molecular complexity index is 567. The number of piperazine rings is 1. The molecule has 0 atom stereocenters. The van der Waals surface area contributed by atoms with Gasteiger partial charge in [-0.15, -0.1) is 11.3 Å². The van der Waals surface area contributed by atoms with Gasteiger partial charge in [-0.1, -0.05) is 0 Å². The number of aromatic nitrogens is 1. The largest absolute Gasteiger partial charge is 0.486 e. The van der Waals surface area contributed by atoms with E-state index in [0.717, 1.165) is 43.4 Å². The first-order chi connectivity index (χ1) is 10.3. The summed E-state index contributed by atoms with van der Waals surface area (Å²) < 4.78 is 18.4. The molecule has 1 aliphatic rings. The topological polar surface area (TPSA) is 37.4 Å². The molecule has 1 saturated heterocycles. The number of ether oxygens (including phenoxy) is 1. The van der Waals surface area contributed by atoms with Gasteiger partial charge in [0.25, 0.3) is 0 Å². The van der Waals surface area contributed by atoms with E-state index in [0.29, 0.717) is 12.4 Å². The quantitative estimate of drug-likeness (QED) is 0.919. The van der Waals surface area contributed by atoms with Gasteiger partial charge in [-0.3, -0.25) is 4.90 Å². The van der Waals surface area contributed by atoms with Crippen LogP contribution in [0.5, 0.6) is 5.75 Å².